The first-order valence-corrected chi connectivity index (χ1v) is 9.52. The van der Waals surface area contributed by atoms with Crippen molar-refractivity contribution in [2.24, 2.45) is 5.92 Å². The van der Waals surface area contributed by atoms with E-state index < -0.39 is 11.4 Å². The van der Waals surface area contributed by atoms with Crippen LogP contribution >= 0.6 is 0 Å². The van der Waals surface area contributed by atoms with Crippen molar-refractivity contribution in [2.75, 3.05) is 0 Å². The minimum absolute atomic E-state index is 0.263. The van der Waals surface area contributed by atoms with E-state index in [2.05, 4.69) is 21.7 Å². The molecule has 2 aromatic rings. The summed E-state index contributed by atoms with van der Waals surface area (Å²) < 4.78 is 15.1. The number of rotatable bonds is 5. The maximum atomic E-state index is 13.5. The van der Waals surface area contributed by atoms with E-state index in [1.54, 1.807) is 16.9 Å². The van der Waals surface area contributed by atoms with Gasteiger partial charge in [-0.25, -0.2) is 9.07 Å². The SMILES string of the molecule is N#CC1(n2cc([C@@H](NC(=O)c3cccc(F)c3)C3CCCCC3)nn2)CC1. The molecule has 0 bridgehead atoms. The van der Waals surface area contributed by atoms with Crippen molar-refractivity contribution in [3.05, 3.63) is 47.5 Å². The van der Waals surface area contributed by atoms with Crippen molar-refractivity contribution in [1.82, 2.24) is 20.3 Å². The quantitative estimate of drug-likeness (QED) is 0.877. The molecule has 1 N–H and O–H groups in total. The molecule has 1 heterocycles. The molecule has 27 heavy (non-hydrogen) atoms. The minimum Gasteiger partial charge on any atom is -0.343 e. The fourth-order valence-corrected chi connectivity index (χ4v) is 3.89. The summed E-state index contributed by atoms with van der Waals surface area (Å²) in [5, 5.41) is 20.9. The van der Waals surface area contributed by atoms with Crippen molar-refractivity contribution in [2.45, 2.75) is 56.5 Å². The van der Waals surface area contributed by atoms with Gasteiger partial charge in [-0.1, -0.05) is 30.5 Å². The molecule has 0 radical (unpaired) electrons. The van der Waals surface area contributed by atoms with E-state index in [0.29, 0.717) is 11.3 Å². The van der Waals surface area contributed by atoms with E-state index in [0.717, 1.165) is 38.5 Å². The van der Waals surface area contributed by atoms with E-state index in [1.807, 2.05) is 0 Å². The molecule has 0 saturated heterocycles. The number of carbonyl (C=O) groups excluding carboxylic acids is 1. The third-order valence-electron chi connectivity index (χ3n) is 5.69. The molecule has 4 rings (SSSR count). The van der Waals surface area contributed by atoms with Crippen LogP contribution in [0.15, 0.2) is 30.5 Å². The Bertz CT molecular complexity index is 876. The highest BCUT2D eigenvalue weighted by molar-refractivity contribution is 5.94. The number of hydrogen-bond acceptors (Lipinski definition) is 4. The van der Waals surface area contributed by atoms with E-state index in [9.17, 15) is 14.4 Å². The molecule has 2 aliphatic rings. The summed E-state index contributed by atoms with van der Waals surface area (Å²) in [5.74, 6) is -0.493. The standard InChI is InChI=1S/C20H22FN5O/c21-16-8-4-7-15(11-16)19(27)23-18(14-5-2-1-3-6-14)17-12-26(25-24-17)20(13-22)9-10-20/h4,7-8,11-12,14,18H,1-3,5-6,9-10H2,(H,23,27)/t18-/m0/s1. The Hall–Kier alpha value is -2.75. The molecule has 1 atom stereocenters. The first-order valence-electron chi connectivity index (χ1n) is 9.52. The van der Waals surface area contributed by atoms with E-state index in [1.165, 1.54) is 24.6 Å². The molecule has 7 heteroatoms. The summed E-state index contributed by atoms with van der Waals surface area (Å²) in [5.41, 5.74) is 0.390. The van der Waals surface area contributed by atoms with Crippen LogP contribution in [0.25, 0.3) is 0 Å². The average Bonchev–Trinajstić information content (AvgIpc) is 3.35. The Balaban J connectivity index is 1.59. The van der Waals surface area contributed by atoms with E-state index in [-0.39, 0.29) is 17.9 Å². The number of amides is 1. The monoisotopic (exact) mass is 367 g/mol. The van der Waals surface area contributed by atoms with Gasteiger partial charge in [0.25, 0.3) is 5.91 Å². The second kappa shape index (κ2) is 7.10. The molecule has 1 amide bonds. The molecular weight excluding hydrogens is 345 g/mol. The summed E-state index contributed by atoms with van der Waals surface area (Å²) in [6.45, 7) is 0. The highest BCUT2D eigenvalue weighted by atomic mass is 19.1. The number of nitrogens with zero attached hydrogens (tertiary/aromatic N) is 4. The fourth-order valence-electron chi connectivity index (χ4n) is 3.89. The summed E-state index contributed by atoms with van der Waals surface area (Å²) in [7, 11) is 0. The van der Waals surface area contributed by atoms with Gasteiger partial charge < -0.3 is 5.32 Å². The first-order chi connectivity index (χ1) is 13.1. The van der Waals surface area contributed by atoms with Crippen LogP contribution in [-0.4, -0.2) is 20.9 Å². The number of benzene rings is 1. The molecule has 0 spiro atoms. The van der Waals surface area contributed by atoms with Gasteiger partial charge >= 0.3 is 0 Å². The zero-order valence-corrected chi connectivity index (χ0v) is 15.1. The molecule has 0 unspecified atom stereocenters. The van der Waals surface area contributed by atoms with Crippen molar-refractivity contribution < 1.29 is 9.18 Å². The maximum Gasteiger partial charge on any atom is 0.251 e. The second-order valence-electron chi connectivity index (χ2n) is 7.59. The fraction of sp³-hybridized carbons (Fsp3) is 0.500. The van der Waals surface area contributed by atoms with Crippen LogP contribution in [0.2, 0.25) is 0 Å². The summed E-state index contributed by atoms with van der Waals surface area (Å²) in [6, 6.07) is 7.70. The number of nitriles is 1. The Labute approximate surface area is 157 Å². The lowest BCUT2D eigenvalue weighted by atomic mass is 9.82. The first kappa shape index (κ1) is 17.7. The lowest BCUT2D eigenvalue weighted by molar-refractivity contribution is 0.0910. The zero-order valence-electron chi connectivity index (χ0n) is 15.1. The van der Waals surface area contributed by atoms with Gasteiger partial charge in [0.1, 0.15) is 11.5 Å². The lowest BCUT2D eigenvalue weighted by Gasteiger charge is -2.29. The second-order valence-corrected chi connectivity index (χ2v) is 7.59. The van der Waals surface area contributed by atoms with Crippen LogP contribution in [0.4, 0.5) is 4.39 Å². The topological polar surface area (TPSA) is 83.6 Å². The van der Waals surface area contributed by atoms with E-state index in [4.69, 9.17) is 0 Å². The molecular formula is C20H22FN5O. The van der Waals surface area contributed by atoms with Crippen LogP contribution in [0, 0.1) is 23.1 Å². The number of carbonyl (C=O) groups is 1. The number of nitrogens with one attached hydrogen (secondary N) is 1. The molecule has 1 aromatic heterocycles. The Morgan fingerprint density at radius 2 is 2.11 bits per heavy atom. The number of halogens is 1. The van der Waals surface area contributed by atoms with Crippen molar-refractivity contribution in [3.63, 3.8) is 0 Å². The largest absolute Gasteiger partial charge is 0.343 e. The van der Waals surface area contributed by atoms with Crippen molar-refractivity contribution in [1.29, 1.82) is 5.26 Å². The zero-order chi connectivity index (χ0) is 18.9. The highest BCUT2D eigenvalue weighted by Crippen LogP contribution is 2.42. The number of aromatic nitrogens is 3. The predicted octanol–water partition coefficient (Wildman–Crippen LogP) is 3.48. The Kier molecular flexibility index (Phi) is 4.65. The molecule has 140 valence electrons. The van der Waals surface area contributed by atoms with Crippen molar-refractivity contribution >= 4 is 5.91 Å². The molecule has 6 nitrogen and oxygen atoms in total. The predicted molar refractivity (Wildman–Crippen MR) is 96.0 cm³/mol. The van der Waals surface area contributed by atoms with Gasteiger partial charge in [0.05, 0.1) is 18.3 Å². The summed E-state index contributed by atoms with van der Waals surface area (Å²) >= 11 is 0. The van der Waals surface area contributed by atoms with Crippen LogP contribution in [-0.2, 0) is 5.54 Å². The van der Waals surface area contributed by atoms with Gasteiger partial charge in [-0.3, -0.25) is 4.79 Å². The lowest BCUT2D eigenvalue weighted by Crippen LogP contribution is -2.34. The van der Waals surface area contributed by atoms with Gasteiger partial charge in [0, 0.05) is 5.56 Å². The third kappa shape index (κ3) is 3.57. The normalized spacial score (nSPS) is 19.9. The molecule has 2 fully saturated rings. The van der Waals surface area contributed by atoms with Gasteiger partial charge in [0.15, 0.2) is 5.54 Å². The Morgan fingerprint density at radius 3 is 2.78 bits per heavy atom. The molecule has 2 saturated carbocycles. The minimum atomic E-state index is -0.574. The summed E-state index contributed by atoms with van der Waals surface area (Å²) in [6.07, 6.45) is 8.79. The highest BCUT2D eigenvalue weighted by Gasteiger charge is 2.47. The average molecular weight is 367 g/mol. The van der Waals surface area contributed by atoms with Crippen LogP contribution in [0.1, 0.15) is 67.0 Å². The van der Waals surface area contributed by atoms with E-state index >= 15 is 0 Å². The summed E-state index contributed by atoms with van der Waals surface area (Å²) in [4.78, 5) is 12.7. The smallest absolute Gasteiger partial charge is 0.251 e. The van der Waals surface area contributed by atoms with Gasteiger partial charge in [-0.15, -0.1) is 5.10 Å². The molecule has 1 aromatic carbocycles. The van der Waals surface area contributed by atoms with Gasteiger partial charge in [0.2, 0.25) is 0 Å². The molecule has 0 aliphatic heterocycles. The maximum absolute atomic E-state index is 13.5. The van der Waals surface area contributed by atoms with Crippen LogP contribution in [0.3, 0.4) is 0 Å². The Morgan fingerprint density at radius 1 is 1.33 bits per heavy atom. The van der Waals surface area contributed by atoms with Crippen molar-refractivity contribution in [3.8, 4) is 6.07 Å². The number of hydrogen-bond donors (Lipinski definition) is 1. The van der Waals surface area contributed by atoms with Gasteiger partial charge in [-0.2, -0.15) is 5.26 Å². The van der Waals surface area contributed by atoms with Crippen LogP contribution < -0.4 is 5.32 Å². The third-order valence-corrected chi connectivity index (χ3v) is 5.69. The molecule has 2 aliphatic carbocycles. The van der Waals surface area contributed by atoms with Crippen LogP contribution in [0.5, 0.6) is 0 Å². The van der Waals surface area contributed by atoms with Gasteiger partial charge in [-0.05, 0) is 49.8 Å².